The van der Waals surface area contributed by atoms with E-state index < -0.39 is 11.7 Å². The van der Waals surface area contributed by atoms with Gasteiger partial charge in [-0.3, -0.25) is 4.98 Å². The van der Waals surface area contributed by atoms with E-state index >= 15 is 0 Å². The number of halogens is 3. The van der Waals surface area contributed by atoms with E-state index in [0.717, 1.165) is 6.20 Å². The van der Waals surface area contributed by atoms with Crippen molar-refractivity contribution >= 4 is 11.2 Å². The summed E-state index contributed by atoms with van der Waals surface area (Å²) in [5, 5.41) is 0. The highest BCUT2D eigenvalue weighted by Crippen LogP contribution is 2.42. The monoisotopic (exact) mass is 308 g/mol. The predicted octanol–water partition coefficient (Wildman–Crippen LogP) is 3.06. The van der Waals surface area contributed by atoms with Gasteiger partial charge in [-0.15, -0.1) is 0 Å². The van der Waals surface area contributed by atoms with E-state index in [2.05, 4.69) is 15.0 Å². The van der Waals surface area contributed by atoms with E-state index in [-0.39, 0.29) is 22.4 Å². The lowest BCUT2D eigenvalue weighted by atomic mass is 10.0. The summed E-state index contributed by atoms with van der Waals surface area (Å²) in [5.74, 6) is 0.242. The number of aromatic nitrogens is 4. The van der Waals surface area contributed by atoms with Crippen LogP contribution in [0.5, 0.6) is 5.75 Å². The molecule has 0 fully saturated rings. The van der Waals surface area contributed by atoms with Gasteiger partial charge in [0.05, 0.1) is 25.2 Å². The highest BCUT2D eigenvalue weighted by molar-refractivity contribution is 5.93. The molecule has 3 rings (SSSR count). The lowest BCUT2D eigenvalue weighted by Crippen LogP contribution is -2.09. The molecule has 5 nitrogen and oxygen atoms in total. The SMILES string of the molecule is COc1cnccc1-c1c(C(F)(F)F)cnc2c1ncn2C. The highest BCUT2D eigenvalue weighted by atomic mass is 19.4. The van der Waals surface area contributed by atoms with Crippen LogP contribution in [-0.2, 0) is 13.2 Å². The number of hydrogen-bond acceptors (Lipinski definition) is 4. The van der Waals surface area contributed by atoms with Crippen LogP contribution in [0, 0.1) is 0 Å². The zero-order valence-electron chi connectivity index (χ0n) is 11.7. The summed E-state index contributed by atoms with van der Waals surface area (Å²) in [6.07, 6.45) is 0.467. The van der Waals surface area contributed by atoms with Gasteiger partial charge >= 0.3 is 6.18 Å². The van der Waals surface area contributed by atoms with E-state index in [0.29, 0.717) is 5.65 Å². The summed E-state index contributed by atoms with van der Waals surface area (Å²) in [6, 6.07) is 1.47. The van der Waals surface area contributed by atoms with Gasteiger partial charge in [0.1, 0.15) is 11.3 Å². The Morgan fingerprint density at radius 2 is 1.95 bits per heavy atom. The molecule has 0 spiro atoms. The second-order valence-electron chi connectivity index (χ2n) is 4.65. The maximum absolute atomic E-state index is 13.4. The Bertz CT molecular complexity index is 842. The average Bonchev–Trinajstić information content (AvgIpc) is 2.87. The first-order chi connectivity index (χ1) is 10.4. The van der Waals surface area contributed by atoms with Gasteiger partial charge in [-0.25, -0.2) is 9.97 Å². The lowest BCUT2D eigenvalue weighted by molar-refractivity contribution is -0.137. The first kappa shape index (κ1) is 14.3. The number of nitrogens with zero attached hydrogens (tertiary/aromatic N) is 4. The van der Waals surface area contributed by atoms with E-state index in [1.807, 2.05) is 0 Å². The Morgan fingerprint density at radius 3 is 2.64 bits per heavy atom. The molecule has 0 aromatic carbocycles. The Morgan fingerprint density at radius 1 is 1.18 bits per heavy atom. The van der Waals surface area contributed by atoms with Crippen molar-refractivity contribution in [3.05, 3.63) is 36.5 Å². The highest BCUT2D eigenvalue weighted by Gasteiger charge is 2.36. The number of ether oxygens (including phenoxy) is 1. The average molecular weight is 308 g/mol. The minimum Gasteiger partial charge on any atom is -0.494 e. The summed E-state index contributed by atoms with van der Waals surface area (Å²) >= 11 is 0. The number of aryl methyl sites for hydroxylation is 1. The quantitative estimate of drug-likeness (QED) is 0.730. The fourth-order valence-electron chi connectivity index (χ4n) is 2.31. The van der Waals surface area contributed by atoms with Crippen LogP contribution in [0.4, 0.5) is 13.2 Å². The van der Waals surface area contributed by atoms with Gasteiger partial charge in [-0.1, -0.05) is 0 Å². The van der Waals surface area contributed by atoms with Crippen molar-refractivity contribution in [2.24, 2.45) is 7.05 Å². The van der Waals surface area contributed by atoms with Crippen molar-refractivity contribution in [2.75, 3.05) is 7.11 Å². The number of fused-ring (bicyclic) bond motifs is 1. The zero-order valence-corrected chi connectivity index (χ0v) is 11.7. The number of methoxy groups -OCH3 is 1. The van der Waals surface area contributed by atoms with Crippen molar-refractivity contribution in [2.45, 2.75) is 6.18 Å². The molecule has 0 aliphatic rings. The lowest BCUT2D eigenvalue weighted by Gasteiger charge is -2.15. The number of imidazole rings is 1. The zero-order chi connectivity index (χ0) is 15.9. The molecule has 0 unspecified atom stereocenters. The molecule has 0 saturated carbocycles. The largest absolute Gasteiger partial charge is 0.494 e. The van der Waals surface area contributed by atoms with Gasteiger partial charge in [0.15, 0.2) is 5.65 Å². The van der Waals surface area contributed by atoms with Gasteiger partial charge in [-0.05, 0) is 6.07 Å². The molecule has 0 radical (unpaired) electrons. The smallest absolute Gasteiger partial charge is 0.418 e. The van der Waals surface area contributed by atoms with Crippen LogP contribution in [0.3, 0.4) is 0 Å². The molecule has 3 aromatic rings. The van der Waals surface area contributed by atoms with Gasteiger partial charge in [0.2, 0.25) is 0 Å². The molecule has 0 atom stereocenters. The molecular weight excluding hydrogens is 297 g/mol. The normalized spacial score (nSPS) is 11.9. The fourth-order valence-corrected chi connectivity index (χ4v) is 2.31. The first-order valence-electron chi connectivity index (χ1n) is 6.29. The third kappa shape index (κ3) is 2.16. The molecule has 114 valence electrons. The minimum absolute atomic E-state index is 0.0580. The summed E-state index contributed by atoms with van der Waals surface area (Å²) < 4.78 is 46.8. The van der Waals surface area contributed by atoms with Crippen molar-refractivity contribution in [3.63, 3.8) is 0 Å². The molecule has 3 aromatic heterocycles. The van der Waals surface area contributed by atoms with E-state index in [4.69, 9.17) is 4.74 Å². The van der Waals surface area contributed by atoms with Gasteiger partial charge in [0.25, 0.3) is 0 Å². The summed E-state index contributed by atoms with van der Waals surface area (Å²) in [5.41, 5.74) is -0.111. The summed E-state index contributed by atoms with van der Waals surface area (Å²) in [4.78, 5) is 11.8. The van der Waals surface area contributed by atoms with Crippen molar-refractivity contribution in [1.29, 1.82) is 0 Å². The van der Waals surface area contributed by atoms with Gasteiger partial charge in [0, 0.05) is 30.6 Å². The van der Waals surface area contributed by atoms with Crippen LogP contribution in [0.25, 0.3) is 22.3 Å². The second kappa shape index (κ2) is 4.97. The fraction of sp³-hybridized carbons (Fsp3) is 0.214. The molecule has 0 N–H and O–H groups in total. The third-order valence-electron chi connectivity index (χ3n) is 3.31. The molecule has 0 amide bonds. The molecule has 3 heterocycles. The predicted molar refractivity (Wildman–Crippen MR) is 73.3 cm³/mol. The molecular formula is C14H11F3N4O. The Balaban J connectivity index is 2.44. The maximum atomic E-state index is 13.4. The standard InChI is InChI=1S/C14H11F3N4O/c1-21-7-20-12-11(8-3-4-18-6-10(8)22-2)9(14(15,16)17)5-19-13(12)21/h3-7H,1-2H3. The third-order valence-corrected chi connectivity index (χ3v) is 3.31. The molecule has 0 bridgehead atoms. The van der Waals surface area contributed by atoms with Crippen molar-refractivity contribution in [3.8, 4) is 16.9 Å². The molecule has 0 saturated heterocycles. The second-order valence-corrected chi connectivity index (χ2v) is 4.65. The maximum Gasteiger partial charge on any atom is 0.418 e. The number of rotatable bonds is 2. The summed E-state index contributed by atoms with van der Waals surface area (Å²) in [6.45, 7) is 0. The van der Waals surface area contributed by atoms with Crippen molar-refractivity contribution < 1.29 is 17.9 Å². The molecule has 0 aliphatic carbocycles. The van der Waals surface area contributed by atoms with E-state index in [9.17, 15) is 13.2 Å². The Hall–Kier alpha value is -2.64. The van der Waals surface area contributed by atoms with Crippen LogP contribution >= 0.6 is 0 Å². The Kier molecular flexibility index (Phi) is 3.23. The van der Waals surface area contributed by atoms with Crippen molar-refractivity contribution in [1.82, 2.24) is 19.5 Å². The minimum atomic E-state index is -4.55. The van der Waals surface area contributed by atoms with Gasteiger partial charge < -0.3 is 9.30 Å². The topological polar surface area (TPSA) is 52.8 Å². The molecule has 0 aliphatic heterocycles. The van der Waals surface area contributed by atoms with Crippen LogP contribution < -0.4 is 4.74 Å². The van der Waals surface area contributed by atoms with Crippen LogP contribution in [0.1, 0.15) is 5.56 Å². The van der Waals surface area contributed by atoms with E-state index in [1.165, 1.54) is 31.9 Å². The molecule has 22 heavy (non-hydrogen) atoms. The first-order valence-corrected chi connectivity index (χ1v) is 6.29. The van der Waals surface area contributed by atoms with Gasteiger partial charge in [-0.2, -0.15) is 13.2 Å². The number of hydrogen-bond donors (Lipinski definition) is 0. The summed E-state index contributed by atoms with van der Waals surface area (Å²) in [7, 11) is 3.05. The Labute approximate surface area is 123 Å². The van der Waals surface area contributed by atoms with Crippen LogP contribution in [0.15, 0.2) is 31.0 Å². The van der Waals surface area contributed by atoms with Crippen LogP contribution in [-0.4, -0.2) is 26.6 Å². The van der Waals surface area contributed by atoms with E-state index in [1.54, 1.807) is 11.6 Å². The number of alkyl halides is 3. The van der Waals surface area contributed by atoms with Crippen LogP contribution in [0.2, 0.25) is 0 Å². The molecule has 8 heteroatoms. The number of pyridine rings is 2.